The fraction of sp³-hybridized carbons (Fsp3) is 0.867. The van der Waals surface area contributed by atoms with E-state index in [1.165, 1.54) is 6.42 Å². The van der Waals surface area contributed by atoms with Crippen LogP contribution in [0.5, 0.6) is 0 Å². The van der Waals surface area contributed by atoms with Crippen molar-refractivity contribution in [2.24, 2.45) is 5.92 Å². The summed E-state index contributed by atoms with van der Waals surface area (Å²) in [5.41, 5.74) is -0.786. The molecule has 1 N–H and O–H groups in total. The molecule has 20 heavy (non-hydrogen) atoms. The third kappa shape index (κ3) is 2.57. The molecular formula is C15H26N2O2S. The molecule has 114 valence electrons. The fourth-order valence-corrected chi connectivity index (χ4v) is 4.17. The van der Waals surface area contributed by atoms with Gasteiger partial charge in [0.15, 0.2) is 0 Å². The molecule has 2 aliphatic rings. The van der Waals surface area contributed by atoms with E-state index in [9.17, 15) is 9.59 Å². The van der Waals surface area contributed by atoms with E-state index in [0.29, 0.717) is 6.54 Å². The second kappa shape index (κ2) is 5.24. The molecule has 1 unspecified atom stereocenters. The van der Waals surface area contributed by atoms with Crippen LogP contribution in [0.4, 0.5) is 0 Å². The molecule has 0 aromatic heterocycles. The maximum Gasteiger partial charge on any atom is 0.248 e. The summed E-state index contributed by atoms with van der Waals surface area (Å²) in [6, 6.07) is -0.333. The van der Waals surface area contributed by atoms with E-state index in [1.54, 1.807) is 13.8 Å². The van der Waals surface area contributed by atoms with Gasteiger partial charge in [0.05, 0.1) is 0 Å². The van der Waals surface area contributed by atoms with Crippen LogP contribution >= 0.6 is 11.8 Å². The molecule has 1 saturated carbocycles. The number of hydrogen-bond acceptors (Lipinski definition) is 3. The summed E-state index contributed by atoms with van der Waals surface area (Å²) >= 11 is 1.84. The maximum absolute atomic E-state index is 12.7. The molecule has 1 aliphatic heterocycles. The zero-order chi connectivity index (χ0) is 15.1. The van der Waals surface area contributed by atoms with Crippen molar-refractivity contribution in [3.05, 3.63) is 0 Å². The second-order valence-electron chi connectivity index (χ2n) is 6.98. The highest BCUT2D eigenvalue weighted by Crippen LogP contribution is 2.44. The van der Waals surface area contributed by atoms with E-state index in [-0.39, 0.29) is 28.5 Å². The summed E-state index contributed by atoms with van der Waals surface area (Å²) in [7, 11) is 0. The normalized spacial score (nSPS) is 28.3. The van der Waals surface area contributed by atoms with E-state index in [1.807, 2.05) is 30.5 Å². The molecule has 5 heteroatoms. The minimum atomic E-state index is -0.786. The van der Waals surface area contributed by atoms with E-state index < -0.39 is 5.54 Å². The molecule has 0 aromatic rings. The van der Waals surface area contributed by atoms with Crippen molar-refractivity contribution in [1.82, 2.24) is 10.2 Å². The van der Waals surface area contributed by atoms with E-state index >= 15 is 0 Å². The summed E-state index contributed by atoms with van der Waals surface area (Å²) in [5, 5.41) is 2.87. The van der Waals surface area contributed by atoms with Gasteiger partial charge in [0.2, 0.25) is 11.8 Å². The maximum atomic E-state index is 12.7. The molecule has 2 rings (SSSR count). The highest BCUT2D eigenvalue weighted by atomic mass is 32.2. The Bertz CT molecular complexity index is 411. The average molecular weight is 298 g/mol. The quantitative estimate of drug-likeness (QED) is 0.864. The molecule has 1 aliphatic carbocycles. The van der Waals surface area contributed by atoms with Crippen LogP contribution in [-0.4, -0.2) is 45.8 Å². The number of hydrogen-bond donors (Lipinski definition) is 1. The number of amides is 2. The Labute approximate surface area is 126 Å². The van der Waals surface area contributed by atoms with Gasteiger partial charge in [-0.05, 0) is 38.9 Å². The molecule has 1 saturated heterocycles. The van der Waals surface area contributed by atoms with Crippen LogP contribution in [0.3, 0.4) is 0 Å². The number of nitrogens with zero attached hydrogens (tertiary/aromatic N) is 1. The first-order chi connectivity index (χ1) is 9.22. The largest absolute Gasteiger partial charge is 0.340 e. The van der Waals surface area contributed by atoms with Crippen LogP contribution in [0.1, 0.15) is 47.0 Å². The minimum absolute atomic E-state index is 0.0137. The van der Waals surface area contributed by atoms with E-state index in [2.05, 4.69) is 11.6 Å². The first-order valence-corrected chi connectivity index (χ1v) is 8.63. The third-order valence-electron chi connectivity index (χ3n) is 4.62. The molecule has 1 atom stereocenters. The molecule has 2 fully saturated rings. The van der Waals surface area contributed by atoms with E-state index in [0.717, 1.165) is 12.8 Å². The Morgan fingerprint density at radius 2 is 1.95 bits per heavy atom. The van der Waals surface area contributed by atoms with Crippen LogP contribution in [0.15, 0.2) is 0 Å². The van der Waals surface area contributed by atoms with Crippen molar-refractivity contribution in [1.29, 1.82) is 0 Å². The molecule has 0 spiro atoms. The molecule has 0 aromatic carbocycles. The summed E-state index contributed by atoms with van der Waals surface area (Å²) in [4.78, 5) is 27.0. The van der Waals surface area contributed by atoms with Gasteiger partial charge >= 0.3 is 0 Å². The molecule has 1 heterocycles. The lowest BCUT2D eigenvalue weighted by molar-refractivity contribution is -0.156. The monoisotopic (exact) mass is 298 g/mol. The van der Waals surface area contributed by atoms with Crippen molar-refractivity contribution in [2.45, 2.75) is 63.3 Å². The SMILES string of the molecule is CSC1(CN2C(=O)C(C)(C)NC(=O)C2C(C)C)CCC1. The lowest BCUT2D eigenvalue weighted by Crippen LogP contribution is -2.71. The Morgan fingerprint density at radius 3 is 2.35 bits per heavy atom. The van der Waals surface area contributed by atoms with Gasteiger partial charge in [0, 0.05) is 11.3 Å². The van der Waals surface area contributed by atoms with Gasteiger partial charge in [-0.3, -0.25) is 9.59 Å². The van der Waals surface area contributed by atoms with Gasteiger partial charge in [-0.15, -0.1) is 0 Å². The van der Waals surface area contributed by atoms with Gasteiger partial charge in [0.1, 0.15) is 11.6 Å². The van der Waals surface area contributed by atoms with Gasteiger partial charge in [-0.25, -0.2) is 0 Å². The number of thioether (sulfide) groups is 1. The number of rotatable bonds is 4. The molecule has 0 radical (unpaired) electrons. The van der Waals surface area contributed by atoms with Crippen molar-refractivity contribution in [2.75, 3.05) is 12.8 Å². The first-order valence-electron chi connectivity index (χ1n) is 7.41. The predicted octanol–water partition coefficient (Wildman–Crippen LogP) is 2.03. The van der Waals surface area contributed by atoms with Gasteiger partial charge in [0.25, 0.3) is 0 Å². The fourth-order valence-electron chi connectivity index (χ4n) is 3.20. The van der Waals surface area contributed by atoms with Crippen molar-refractivity contribution in [3.63, 3.8) is 0 Å². The molecule has 0 bridgehead atoms. The Kier molecular flexibility index (Phi) is 4.11. The zero-order valence-electron chi connectivity index (χ0n) is 13.2. The van der Waals surface area contributed by atoms with Gasteiger partial charge < -0.3 is 10.2 Å². The van der Waals surface area contributed by atoms with Crippen LogP contribution in [0.2, 0.25) is 0 Å². The number of piperazine rings is 1. The lowest BCUT2D eigenvalue weighted by atomic mass is 9.81. The topological polar surface area (TPSA) is 49.4 Å². The van der Waals surface area contributed by atoms with Crippen LogP contribution in [-0.2, 0) is 9.59 Å². The van der Waals surface area contributed by atoms with Gasteiger partial charge in [-0.2, -0.15) is 11.8 Å². The Balaban J connectivity index is 2.28. The predicted molar refractivity (Wildman–Crippen MR) is 82.7 cm³/mol. The standard InChI is InChI=1S/C15H26N2O2S/c1-10(2)11-12(18)16-14(3,4)13(19)17(11)9-15(20-5)7-6-8-15/h10-11H,6-9H2,1-5H3,(H,16,18). The average Bonchev–Trinajstić information content (AvgIpc) is 2.28. The van der Waals surface area contributed by atoms with Crippen molar-refractivity contribution >= 4 is 23.6 Å². The van der Waals surface area contributed by atoms with Crippen LogP contribution in [0.25, 0.3) is 0 Å². The smallest absolute Gasteiger partial charge is 0.248 e. The third-order valence-corrected chi connectivity index (χ3v) is 6.03. The first kappa shape index (κ1) is 15.7. The Hall–Kier alpha value is -0.710. The van der Waals surface area contributed by atoms with Crippen molar-refractivity contribution in [3.8, 4) is 0 Å². The molecule has 2 amide bonds. The van der Waals surface area contributed by atoms with Gasteiger partial charge in [-0.1, -0.05) is 20.3 Å². The zero-order valence-corrected chi connectivity index (χ0v) is 14.0. The summed E-state index contributed by atoms with van der Waals surface area (Å²) in [5.74, 6) is 0.172. The van der Waals surface area contributed by atoms with E-state index in [4.69, 9.17) is 0 Å². The van der Waals surface area contributed by atoms with Crippen LogP contribution in [0, 0.1) is 5.92 Å². The highest BCUT2D eigenvalue weighted by molar-refractivity contribution is 8.00. The molecule has 4 nitrogen and oxygen atoms in total. The highest BCUT2D eigenvalue weighted by Gasteiger charge is 2.50. The lowest BCUT2D eigenvalue weighted by Gasteiger charge is -2.50. The molecular weight excluding hydrogens is 272 g/mol. The number of carbonyl (C=O) groups is 2. The van der Waals surface area contributed by atoms with Crippen molar-refractivity contribution < 1.29 is 9.59 Å². The second-order valence-corrected chi connectivity index (χ2v) is 8.25. The summed E-state index contributed by atoms with van der Waals surface area (Å²) in [6.45, 7) is 8.31. The number of carbonyl (C=O) groups excluding carboxylic acids is 2. The summed E-state index contributed by atoms with van der Waals surface area (Å²) in [6.07, 6.45) is 5.63. The number of nitrogens with one attached hydrogen (secondary N) is 1. The summed E-state index contributed by atoms with van der Waals surface area (Å²) < 4.78 is 0.163. The van der Waals surface area contributed by atoms with Crippen LogP contribution < -0.4 is 5.32 Å². The minimum Gasteiger partial charge on any atom is -0.340 e. The Morgan fingerprint density at radius 1 is 1.35 bits per heavy atom.